The number of hydrogen-bond acceptors (Lipinski definition) is 3. The first-order valence-corrected chi connectivity index (χ1v) is 7.03. The number of halogens is 3. The standard InChI is InChI=1S/C16H13ClFN3O.ClH/c1-19-15-9-21(22)16(11-4-2-3-5-13(11)18)12-8-10(17)6-7-14(12)20-15;/h2-8,22H,9H2,1H3;1H. The average Bonchev–Trinajstić information content (AvgIpc) is 2.64. The summed E-state index contributed by atoms with van der Waals surface area (Å²) in [6.07, 6.45) is 0. The lowest BCUT2D eigenvalue weighted by atomic mass is 10.1. The SMILES string of the molecule is CN=C1CN(O)C(c2ccccc2F)=c2cc(Cl)ccc2=N1.Cl. The van der Waals surface area contributed by atoms with Crippen molar-refractivity contribution in [3.63, 3.8) is 0 Å². The molecule has 2 aromatic rings. The summed E-state index contributed by atoms with van der Waals surface area (Å²) in [7, 11) is 1.59. The molecule has 0 amide bonds. The maximum Gasteiger partial charge on any atom is 0.145 e. The highest BCUT2D eigenvalue weighted by Crippen LogP contribution is 2.19. The highest BCUT2D eigenvalue weighted by molar-refractivity contribution is 6.30. The van der Waals surface area contributed by atoms with Gasteiger partial charge in [0.2, 0.25) is 0 Å². The number of amidine groups is 1. The third-order valence-corrected chi connectivity index (χ3v) is 3.63. The quantitative estimate of drug-likeness (QED) is 0.855. The fraction of sp³-hybridized carbons (Fsp3) is 0.125. The van der Waals surface area contributed by atoms with Gasteiger partial charge in [-0.2, -0.15) is 0 Å². The van der Waals surface area contributed by atoms with Crippen LogP contribution in [0.3, 0.4) is 0 Å². The van der Waals surface area contributed by atoms with Crippen molar-refractivity contribution < 1.29 is 9.60 Å². The average molecular weight is 354 g/mol. The van der Waals surface area contributed by atoms with Crippen molar-refractivity contribution in [2.45, 2.75) is 0 Å². The van der Waals surface area contributed by atoms with Crippen molar-refractivity contribution in [3.05, 3.63) is 69.4 Å². The Hall–Kier alpha value is -1.95. The molecule has 0 saturated carbocycles. The van der Waals surface area contributed by atoms with E-state index in [9.17, 15) is 9.60 Å². The zero-order valence-corrected chi connectivity index (χ0v) is 13.8. The van der Waals surface area contributed by atoms with Crippen LogP contribution >= 0.6 is 24.0 Å². The Balaban J connectivity index is 0.00000192. The van der Waals surface area contributed by atoms with E-state index in [0.717, 1.165) is 5.06 Å². The van der Waals surface area contributed by atoms with Crippen LogP contribution in [-0.4, -0.2) is 29.7 Å². The molecule has 0 unspecified atom stereocenters. The molecule has 3 rings (SSSR count). The zero-order chi connectivity index (χ0) is 15.7. The van der Waals surface area contributed by atoms with Crippen LogP contribution in [0.2, 0.25) is 5.02 Å². The van der Waals surface area contributed by atoms with Crippen molar-refractivity contribution >= 4 is 35.5 Å². The van der Waals surface area contributed by atoms with Gasteiger partial charge in [-0.15, -0.1) is 12.4 Å². The Labute approximate surface area is 143 Å². The van der Waals surface area contributed by atoms with Gasteiger partial charge in [-0.25, -0.2) is 14.4 Å². The summed E-state index contributed by atoms with van der Waals surface area (Å²) >= 11 is 6.06. The predicted molar refractivity (Wildman–Crippen MR) is 90.2 cm³/mol. The molecule has 4 nitrogen and oxygen atoms in total. The second-order valence-electron chi connectivity index (χ2n) is 4.80. The fourth-order valence-corrected chi connectivity index (χ4v) is 2.55. The van der Waals surface area contributed by atoms with Gasteiger partial charge in [0, 0.05) is 22.9 Å². The minimum atomic E-state index is -0.431. The molecule has 0 saturated heterocycles. The Morgan fingerprint density at radius 3 is 2.70 bits per heavy atom. The van der Waals surface area contributed by atoms with Crippen molar-refractivity contribution in [1.29, 1.82) is 0 Å². The molecule has 1 N–H and O–H groups in total. The fourth-order valence-electron chi connectivity index (χ4n) is 2.38. The number of nitrogens with zero attached hydrogens (tertiary/aromatic N) is 3. The van der Waals surface area contributed by atoms with Crippen molar-refractivity contribution in [2.75, 3.05) is 13.6 Å². The topological polar surface area (TPSA) is 48.2 Å². The van der Waals surface area contributed by atoms with Crippen LogP contribution in [0, 0.1) is 5.82 Å². The van der Waals surface area contributed by atoms with Crippen LogP contribution in [0.4, 0.5) is 4.39 Å². The van der Waals surface area contributed by atoms with E-state index >= 15 is 0 Å². The molecular weight excluding hydrogens is 340 g/mol. The number of fused-ring (bicyclic) bond motifs is 1. The maximum absolute atomic E-state index is 14.2. The van der Waals surface area contributed by atoms with Crippen LogP contribution in [-0.2, 0) is 0 Å². The first kappa shape index (κ1) is 17.4. The minimum absolute atomic E-state index is 0. The van der Waals surface area contributed by atoms with Crippen molar-refractivity contribution in [3.8, 4) is 0 Å². The normalized spacial score (nSPS) is 15.6. The Kier molecular flexibility index (Phi) is 5.36. The van der Waals surface area contributed by atoms with E-state index in [1.54, 1.807) is 43.4 Å². The molecule has 2 aromatic carbocycles. The number of hydroxylamine groups is 2. The van der Waals surface area contributed by atoms with Gasteiger partial charge in [-0.05, 0) is 30.3 Å². The smallest absolute Gasteiger partial charge is 0.145 e. The number of aliphatic imine (C=N–C) groups is 1. The summed E-state index contributed by atoms with van der Waals surface area (Å²) < 4.78 is 14.2. The second-order valence-corrected chi connectivity index (χ2v) is 5.24. The highest BCUT2D eigenvalue weighted by Gasteiger charge is 2.19. The molecule has 7 heteroatoms. The molecule has 0 bridgehead atoms. The number of hydrogen-bond donors (Lipinski definition) is 1. The molecule has 0 aromatic heterocycles. The molecule has 23 heavy (non-hydrogen) atoms. The van der Waals surface area contributed by atoms with Crippen LogP contribution in [0.25, 0.3) is 5.70 Å². The molecule has 0 aliphatic carbocycles. The summed E-state index contributed by atoms with van der Waals surface area (Å²) in [6.45, 7) is 0.0620. The largest absolute Gasteiger partial charge is 0.288 e. The molecule has 120 valence electrons. The monoisotopic (exact) mass is 353 g/mol. The Morgan fingerprint density at radius 1 is 1.26 bits per heavy atom. The predicted octanol–water partition coefficient (Wildman–Crippen LogP) is 2.41. The molecule has 1 aliphatic heterocycles. The number of rotatable bonds is 1. The zero-order valence-electron chi connectivity index (χ0n) is 12.2. The van der Waals surface area contributed by atoms with E-state index in [-0.39, 0.29) is 24.5 Å². The Morgan fingerprint density at radius 2 is 2.00 bits per heavy atom. The Bertz CT molecular complexity index is 883. The van der Waals surface area contributed by atoms with Gasteiger partial charge in [-0.3, -0.25) is 10.2 Å². The van der Waals surface area contributed by atoms with E-state index in [1.807, 2.05) is 0 Å². The molecule has 0 radical (unpaired) electrons. The van der Waals surface area contributed by atoms with Gasteiger partial charge in [0.15, 0.2) is 0 Å². The van der Waals surface area contributed by atoms with E-state index in [4.69, 9.17) is 11.6 Å². The molecule has 1 heterocycles. The van der Waals surface area contributed by atoms with Gasteiger partial charge >= 0.3 is 0 Å². The molecule has 1 aliphatic rings. The van der Waals surface area contributed by atoms with Gasteiger partial charge in [0.25, 0.3) is 0 Å². The minimum Gasteiger partial charge on any atom is -0.288 e. The van der Waals surface area contributed by atoms with E-state index < -0.39 is 5.82 Å². The van der Waals surface area contributed by atoms with Crippen LogP contribution < -0.4 is 10.6 Å². The lowest BCUT2D eigenvalue weighted by Gasteiger charge is -2.19. The molecule has 0 atom stereocenters. The lowest BCUT2D eigenvalue weighted by molar-refractivity contribution is -0.0122. The van der Waals surface area contributed by atoms with Crippen molar-refractivity contribution in [1.82, 2.24) is 5.06 Å². The van der Waals surface area contributed by atoms with Crippen LogP contribution in [0.1, 0.15) is 5.56 Å². The molecular formula is C16H14Cl2FN3O. The van der Waals surface area contributed by atoms with Crippen molar-refractivity contribution in [2.24, 2.45) is 9.98 Å². The first-order chi connectivity index (χ1) is 10.6. The molecule has 0 spiro atoms. The van der Waals surface area contributed by atoms with E-state index in [0.29, 0.717) is 27.1 Å². The summed E-state index contributed by atoms with van der Waals surface area (Å²) in [5.41, 5.74) is 0.596. The van der Waals surface area contributed by atoms with Gasteiger partial charge in [0.1, 0.15) is 18.2 Å². The summed E-state index contributed by atoms with van der Waals surface area (Å²) in [4.78, 5) is 8.44. The van der Waals surface area contributed by atoms with Crippen LogP contribution in [0.5, 0.6) is 0 Å². The maximum atomic E-state index is 14.2. The second kappa shape index (κ2) is 7.08. The lowest BCUT2D eigenvalue weighted by Crippen LogP contribution is -2.32. The highest BCUT2D eigenvalue weighted by atomic mass is 35.5. The number of benzene rings is 2. The molecule has 0 fully saturated rings. The van der Waals surface area contributed by atoms with Crippen LogP contribution in [0.15, 0.2) is 52.4 Å². The van der Waals surface area contributed by atoms with Gasteiger partial charge in [-0.1, -0.05) is 23.7 Å². The van der Waals surface area contributed by atoms with Gasteiger partial charge in [0.05, 0.1) is 11.1 Å². The third-order valence-electron chi connectivity index (χ3n) is 3.40. The van der Waals surface area contributed by atoms with E-state index in [1.165, 1.54) is 6.07 Å². The van der Waals surface area contributed by atoms with Gasteiger partial charge < -0.3 is 0 Å². The third kappa shape index (κ3) is 3.37. The summed E-state index contributed by atoms with van der Waals surface area (Å²) in [5.74, 6) is 0.0109. The summed E-state index contributed by atoms with van der Waals surface area (Å²) in [5, 5.41) is 13.0. The van der Waals surface area contributed by atoms with E-state index in [2.05, 4.69) is 9.98 Å². The summed E-state index contributed by atoms with van der Waals surface area (Å²) in [6, 6.07) is 11.3. The first-order valence-electron chi connectivity index (χ1n) is 6.65.